The number of nitrogens with zero attached hydrogens (tertiary/aromatic N) is 3. The summed E-state index contributed by atoms with van der Waals surface area (Å²) in [7, 11) is -3.52. The second-order valence-electron chi connectivity index (χ2n) is 4.39. The Morgan fingerprint density at radius 2 is 2.05 bits per heavy atom. The summed E-state index contributed by atoms with van der Waals surface area (Å²) < 4.78 is 25.7. The normalized spacial score (nSPS) is 20.3. The van der Waals surface area contributed by atoms with Gasteiger partial charge in [0.15, 0.2) is 0 Å². The Kier molecular flexibility index (Phi) is 3.88. The molecule has 0 radical (unpaired) electrons. The predicted octanol–water partition coefficient (Wildman–Crippen LogP) is -0.811. The van der Waals surface area contributed by atoms with Gasteiger partial charge in [-0.1, -0.05) is 0 Å². The lowest BCUT2D eigenvalue weighted by Gasteiger charge is -2.35. The fourth-order valence-electron chi connectivity index (χ4n) is 2.02. The van der Waals surface area contributed by atoms with Crippen molar-refractivity contribution in [1.82, 2.24) is 19.4 Å². The number of piperazine rings is 1. The number of rotatable bonds is 4. The molecule has 1 unspecified atom stereocenters. The molecule has 1 fully saturated rings. The molecule has 106 valence electrons. The monoisotopic (exact) mass is 288 g/mol. The van der Waals surface area contributed by atoms with Crippen LogP contribution < -0.4 is 0 Å². The summed E-state index contributed by atoms with van der Waals surface area (Å²) >= 11 is 0. The molecule has 8 nitrogen and oxygen atoms in total. The molecule has 0 amide bonds. The summed E-state index contributed by atoms with van der Waals surface area (Å²) in [6.45, 7) is 2.98. The van der Waals surface area contributed by atoms with Crippen LogP contribution in [0.4, 0.5) is 0 Å². The van der Waals surface area contributed by atoms with Gasteiger partial charge >= 0.3 is 5.97 Å². The topological polar surface area (TPSA) is 107 Å². The highest BCUT2D eigenvalue weighted by Crippen LogP contribution is 2.16. The molecule has 1 aliphatic heterocycles. The smallest absolute Gasteiger partial charge is 0.320 e. The number of nitrogens with one attached hydrogen (secondary N) is 1. The molecule has 19 heavy (non-hydrogen) atoms. The van der Waals surface area contributed by atoms with Crippen LogP contribution in [0.1, 0.15) is 6.92 Å². The fraction of sp³-hybridized carbons (Fsp3) is 0.600. The largest absolute Gasteiger partial charge is 0.480 e. The number of aromatic nitrogens is 2. The lowest BCUT2D eigenvalue weighted by atomic mass is 10.2. The Hall–Kier alpha value is -1.45. The minimum atomic E-state index is -3.52. The van der Waals surface area contributed by atoms with Crippen LogP contribution in [0.5, 0.6) is 0 Å². The summed E-state index contributed by atoms with van der Waals surface area (Å²) in [6, 6.07) is -0.598. The van der Waals surface area contributed by atoms with Gasteiger partial charge in [-0.25, -0.2) is 8.42 Å². The molecule has 0 bridgehead atoms. The number of aliphatic carboxylic acids is 1. The number of hydrogen-bond acceptors (Lipinski definition) is 5. The van der Waals surface area contributed by atoms with E-state index in [-0.39, 0.29) is 18.0 Å². The summed E-state index contributed by atoms with van der Waals surface area (Å²) in [4.78, 5) is 12.8. The van der Waals surface area contributed by atoms with Crippen LogP contribution in [0.25, 0.3) is 0 Å². The van der Waals surface area contributed by atoms with E-state index in [1.54, 1.807) is 11.8 Å². The fourth-order valence-corrected chi connectivity index (χ4v) is 3.35. The van der Waals surface area contributed by atoms with Gasteiger partial charge < -0.3 is 5.11 Å². The number of carbonyl (C=O) groups is 1. The summed E-state index contributed by atoms with van der Waals surface area (Å²) in [6.07, 6.45) is 2.60. The minimum absolute atomic E-state index is 0.132. The van der Waals surface area contributed by atoms with Gasteiger partial charge in [-0.3, -0.25) is 14.8 Å². The molecule has 1 aliphatic rings. The average molecular weight is 288 g/mol. The van der Waals surface area contributed by atoms with Crippen LogP contribution in [0.3, 0.4) is 0 Å². The molecule has 2 heterocycles. The Morgan fingerprint density at radius 1 is 1.42 bits per heavy atom. The molecule has 1 saturated heterocycles. The third-order valence-corrected chi connectivity index (χ3v) is 5.15. The molecule has 1 aromatic heterocycles. The van der Waals surface area contributed by atoms with Crippen molar-refractivity contribution < 1.29 is 18.3 Å². The second kappa shape index (κ2) is 5.27. The van der Waals surface area contributed by atoms with Gasteiger partial charge in [0, 0.05) is 32.4 Å². The van der Waals surface area contributed by atoms with Gasteiger partial charge in [-0.15, -0.1) is 0 Å². The lowest BCUT2D eigenvalue weighted by molar-refractivity contribution is -0.143. The zero-order valence-electron chi connectivity index (χ0n) is 10.5. The van der Waals surface area contributed by atoms with Crippen molar-refractivity contribution in [3.05, 3.63) is 12.4 Å². The van der Waals surface area contributed by atoms with E-state index in [1.165, 1.54) is 16.7 Å². The van der Waals surface area contributed by atoms with Crippen molar-refractivity contribution >= 4 is 16.0 Å². The number of carboxylic acids is 1. The first-order valence-corrected chi connectivity index (χ1v) is 7.32. The standard InChI is InChI=1S/C10H16N4O4S/c1-8(10(15)16)13-2-4-14(5-3-13)19(17,18)9-6-11-12-7-9/h6-8H,2-5H2,1H3,(H,11,12)(H,15,16). The predicted molar refractivity (Wildman–Crippen MR) is 66.0 cm³/mol. The molecular formula is C10H16N4O4S. The Balaban J connectivity index is 2.03. The van der Waals surface area contributed by atoms with Crippen molar-refractivity contribution in [2.45, 2.75) is 17.9 Å². The Bertz CT molecular complexity index is 534. The highest BCUT2D eigenvalue weighted by molar-refractivity contribution is 7.89. The van der Waals surface area contributed by atoms with Crippen molar-refractivity contribution in [2.24, 2.45) is 0 Å². The van der Waals surface area contributed by atoms with Crippen LogP contribution in [-0.4, -0.2) is 71.1 Å². The van der Waals surface area contributed by atoms with Crippen LogP contribution in [0.15, 0.2) is 17.3 Å². The minimum Gasteiger partial charge on any atom is -0.480 e. The number of aromatic amines is 1. The first-order chi connectivity index (χ1) is 8.93. The van der Waals surface area contributed by atoms with E-state index in [9.17, 15) is 13.2 Å². The molecule has 2 N–H and O–H groups in total. The van der Waals surface area contributed by atoms with E-state index in [2.05, 4.69) is 10.2 Å². The van der Waals surface area contributed by atoms with Crippen molar-refractivity contribution in [3.8, 4) is 0 Å². The molecule has 0 spiro atoms. The molecule has 9 heteroatoms. The molecule has 1 atom stereocenters. The van der Waals surface area contributed by atoms with E-state index < -0.39 is 22.0 Å². The van der Waals surface area contributed by atoms with E-state index in [1.807, 2.05) is 0 Å². The maximum absolute atomic E-state index is 12.2. The van der Waals surface area contributed by atoms with Gasteiger partial charge in [0.05, 0.1) is 6.20 Å². The second-order valence-corrected chi connectivity index (χ2v) is 6.33. The zero-order valence-corrected chi connectivity index (χ0v) is 11.3. The zero-order chi connectivity index (χ0) is 14.0. The molecule has 0 aromatic carbocycles. The number of H-pyrrole nitrogens is 1. The number of carboxylic acid groups (broad SMARTS) is 1. The maximum Gasteiger partial charge on any atom is 0.320 e. The van der Waals surface area contributed by atoms with Crippen molar-refractivity contribution in [1.29, 1.82) is 0 Å². The first-order valence-electron chi connectivity index (χ1n) is 5.88. The Labute approximate surface area is 111 Å². The summed E-state index contributed by atoms with van der Waals surface area (Å²) in [5.74, 6) is -0.897. The molecule has 0 saturated carbocycles. The van der Waals surface area contributed by atoms with Gasteiger partial charge in [-0.2, -0.15) is 9.40 Å². The summed E-state index contributed by atoms with van der Waals surface area (Å²) in [5.41, 5.74) is 0. The molecular weight excluding hydrogens is 272 g/mol. The highest BCUT2D eigenvalue weighted by atomic mass is 32.2. The van der Waals surface area contributed by atoms with Crippen LogP contribution in [-0.2, 0) is 14.8 Å². The number of sulfonamides is 1. The van der Waals surface area contributed by atoms with Crippen LogP contribution in [0.2, 0.25) is 0 Å². The third-order valence-electron chi connectivity index (χ3n) is 3.29. The SMILES string of the molecule is CC(C(=O)O)N1CCN(S(=O)(=O)c2cn[nH]c2)CC1. The number of hydrogen-bond donors (Lipinski definition) is 2. The average Bonchev–Trinajstić information content (AvgIpc) is 2.92. The van der Waals surface area contributed by atoms with Crippen molar-refractivity contribution in [2.75, 3.05) is 26.2 Å². The first kappa shape index (κ1) is 14.0. The van der Waals surface area contributed by atoms with Gasteiger partial charge in [0.25, 0.3) is 0 Å². The van der Waals surface area contributed by atoms with E-state index >= 15 is 0 Å². The van der Waals surface area contributed by atoms with Crippen molar-refractivity contribution in [3.63, 3.8) is 0 Å². The lowest BCUT2D eigenvalue weighted by Crippen LogP contribution is -2.52. The third kappa shape index (κ3) is 2.77. The van der Waals surface area contributed by atoms with Gasteiger partial charge in [0.1, 0.15) is 10.9 Å². The Morgan fingerprint density at radius 3 is 2.53 bits per heavy atom. The van der Waals surface area contributed by atoms with Gasteiger partial charge in [-0.05, 0) is 6.92 Å². The highest BCUT2D eigenvalue weighted by Gasteiger charge is 2.31. The maximum atomic E-state index is 12.2. The van der Waals surface area contributed by atoms with Gasteiger partial charge in [0.2, 0.25) is 10.0 Å². The summed E-state index contributed by atoms with van der Waals surface area (Å²) in [5, 5.41) is 15.0. The molecule has 2 rings (SSSR count). The van der Waals surface area contributed by atoms with Crippen LogP contribution >= 0.6 is 0 Å². The van der Waals surface area contributed by atoms with E-state index in [0.29, 0.717) is 13.1 Å². The van der Waals surface area contributed by atoms with E-state index in [4.69, 9.17) is 5.11 Å². The molecule has 1 aromatic rings. The van der Waals surface area contributed by atoms with E-state index in [0.717, 1.165) is 0 Å². The van der Waals surface area contributed by atoms with Crippen LogP contribution in [0, 0.1) is 0 Å². The quantitative estimate of drug-likeness (QED) is 0.750. The molecule has 0 aliphatic carbocycles.